The molecular weight excluding hydrogens is 266 g/mol. The van der Waals surface area contributed by atoms with E-state index in [9.17, 15) is 9.59 Å². The summed E-state index contributed by atoms with van der Waals surface area (Å²) in [5.74, 6) is 0.309. The van der Waals surface area contributed by atoms with Crippen LogP contribution in [-0.4, -0.2) is 11.0 Å². The van der Waals surface area contributed by atoms with Crippen LogP contribution in [0.4, 0.5) is 10.6 Å². The Morgan fingerprint density at radius 2 is 1.81 bits per heavy atom. The predicted molar refractivity (Wildman–Crippen MR) is 89.8 cm³/mol. The van der Waals surface area contributed by atoms with Gasteiger partial charge >= 0.3 is 6.03 Å². The van der Waals surface area contributed by atoms with Crippen molar-refractivity contribution in [3.05, 3.63) is 40.2 Å². The molecule has 2 rings (SSSR count). The summed E-state index contributed by atoms with van der Waals surface area (Å²) in [5, 5.41) is 3.74. The van der Waals surface area contributed by atoms with E-state index in [4.69, 9.17) is 5.73 Å². The van der Waals surface area contributed by atoms with Crippen LogP contribution in [0.15, 0.2) is 29.1 Å². The number of pyridine rings is 1. The molecule has 116 valence electrons. The maximum absolute atomic E-state index is 11.7. The number of fused-ring (bicyclic) bond motifs is 1. The maximum Gasteiger partial charge on any atom is 0.317 e. The molecule has 21 heavy (non-hydrogen) atoms. The van der Waals surface area contributed by atoms with Crippen molar-refractivity contribution in [2.75, 3.05) is 5.32 Å². The van der Waals surface area contributed by atoms with Crippen molar-refractivity contribution >= 4 is 22.6 Å². The van der Waals surface area contributed by atoms with Gasteiger partial charge in [0, 0.05) is 5.39 Å². The average Bonchev–Trinajstić information content (AvgIpc) is 2.50. The second kappa shape index (κ2) is 9.58. The first-order valence-electron chi connectivity index (χ1n) is 7.32. The van der Waals surface area contributed by atoms with E-state index in [1.807, 2.05) is 46.8 Å². The number of hydrogen-bond donors (Lipinski definition) is 3. The fourth-order valence-corrected chi connectivity index (χ4v) is 1.74. The van der Waals surface area contributed by atoms with Gasteiger partial charge in [0.1, 0.15) is 5.82 Å². The summed E-state index contributed by atoms with van der Waals surface area (Å²) < 4.78 is 0. The zero-order chi connectivity index (χ0) is 16.4. The highest BCUT2D eigenvalue weighted by atomic mass is 16.2. The number of anilines is 1. The lowest BCUT2D eigenvalue weighted by atomic mass is 10.1. The highest BCUT2D eigenvalue weighted by molar-refractivity contribution is 5.90. The number of H-pyrrole nitrogens is 1. The Morgan fingerprint density at radius 3 is 2.33 bits per heavy atom. The van der Waals surface area contributed by atoms with Crippen LogP contribution in [0, 0.1) is 0 Å². The maximum atomic E-state index is 11.7. The van der Waals surface area contributed by atoms with Gasteiger partial charge in [-0.25, -0.2) is 4.79 Å². The van der Waals surface area contributed by atoms with Crippen LogP contribution >= 0.6 is 0 Å². The molecule has 0 fully saturated rings. The van der Waals surface area contributed by atoms with Crippen LogP contribution in [-0.2, 0) is 6.42 Å². The number of nitrogens with two attached hydrogens (primary N) is 1. The summed E-state index contributed by atoms with van der Waals surface area (Å²) in [4.78, 5) is 25.0. The number of urea groups is 1. The van der Waals surface area contributed by atoms with E-state index in [0.717, 1.165) is 17.4 Å². The molecule has 1 heterocycles. The van der Waals surface area contributed by atoms with Gasteiger partial charge in [0.15, 0.2) is 0 Å². The Balaban J connectivity index is 0.000000921. The van der Waals surface area contributed by atoms with Gasteiger partial charge in [-0.1, -0.05) is 46.8 Å². The molecule has 5 heteroatoms. The highest BCUT2D eigenvalue weighted by Gasteiger charge is 2.03. The number of primary amides is 1. The van der Waals surface area contributed by atoms with Crippen LogP contribution in [0.5, 0.6) is 0 Å². The summed E-state index contributed by atoms with van der Waals surface area (Å²) in [6.45, 7) is 10.0. The van der Waals surface area contributed by atoms with Gasteiger partial charge in [-0.05, 0) is 29.5 Å². The SMILES string of the molecule is CC.CC.CCc1ccc2c(=O)[nH]c(NC(N)=O)cc2c1. The van der Waals surface area contributed by atoms with Crippen LogP contribution in [0.1, 0.15) is 40.2 Å². The fourth-order valence-electron chi connectivity index (χ4n) is 1.74. The Labute approximate surface area is 125 Å². The van der Waals surface area contributed by atoms with Crippen LogP contribution in [0.3, 0.4) is 0 Å². The van der Waals surface area contributed by atoms with Crippen molar-refractivity contribution in [1.29, 1.82) is 0 Å². The molecule has 0 aliphatic heterocycles. The molecule has 4 N–H and O–H groups in total. The Kier molecular flexibility index (Phi) is 8.53. The molecule has 0 unspecified atom stereocenters. The number of amides is 2. The van der Waals surface area contributed by atoms with Gasteiger partial charge in [0.25, 0.3) is 5.56 Å². The first-order chi connectivity index (χ1) is 10.1. The smallest absolute Gasteiger partial charge is 0.317 e. The quantitative estimate of drug-likeness (QED) is 0.788. The van der Waals surface area contributed by atoms with Gasteiger partial charge in [0.05, 0.1) is 0 Å². The van der Waals surface area contributed by atoms with E-state index < -0.39 is 6.03 Å². The monoisotopic (exact) mass is 291 g/mol. The summed E-state index contributed by atoms with van der Waals surface area (Å²) in [7, 11) is 0. The summed E-state index contributed by atoms with van der Waals surface area (Å²) in [6.07, 6.45) is 0.890. The lowest BCUT2D eigenvalue weighted by Crippen LogP contribution is -2.22. The molecule has 2 amide bonds. The third kappa shape index (κ3) is 5.30. The number of nitrogens with one attached hydrogen (secondary N) is 2. The van der Waals surface area contributed by atoms with E-state index in [1.165, 1.54) is 0 Å². The Bertz CT molecular complexity index is 633. The number of rotatable bonds is 2. The van der Waals surface area contributed by atoms with Crippen molar-refractivity contribution in [2.24, 2.45) is 5.73 Å². The summed E-state index contributed by atoms with van der Waals surface area (Å²) >= 11 is 0. The number of hydrogen-bond acceptors (Lipinski definition) is 2. The molecule has 5 nitrogen and oxygen atoms in total. The van der Waals surface area contributed by atoms with Gasteiger partial charge < -0.3 is 10.7 Å². The van der Waals surface area contributed by atoms with E-state index in [0.29, 0.717) is 11.2 Å². The molecule has 2 aromatic rings. The van der Waals surface area contributed by atoms with Crippen molar-refractivity contribution in [2.45, 2.75) is 41.0 Å². The lowest BCUT2D eigenvalue weighted by molar-refractivity contribution is 0.259. The number of aryl methyl sites for hydroxylation is 1. The van der Waals surface area contributed by atoms with Gasteiger partial charge in [-0.3, -0.25) is 10.1 Å². The van der Waals surface area contributed by atoms with Crippen molar-refractivity contribution in [1.82, 2.24) is 4.98 Å². The third-order valence-electron chi connectivity index (χ3n) is 2.57. The number of aromatic amines is 1. The minimum absolute atomic E-state index is 0.242. The lowest BCUT2D eigenvalue weighted by Gasteiger charge is -2.05. The van der Waals surface area contributed by atoms with Gasteiger partial charge in [-0.15, -0.1) is 0 Å². The molecule has 0 saturated carbocycles. The van der Waals surface area contributed by atoms with Crippen LogP contribution in [0.25, 0.3) is 10.8 Å². The number of benzene rings is 1. The standard InChI is InChI=1S/C12H13N3O2.2C2H6/c1-2-7-3-4-9-8(5-7)6-10(14-11(9)16)15-12(13)17;2*1-2/h3-6H,2H2,1H3,(H4,13,14,15,16,17);2*1-2H3. The largest absolute Gasteiger partial charge is 0.351 e. The molecule has 0 aliphatic rings. The molecule has 0 radical (unpaired) electrons. The Morgan fingerprint density at radius 1 is 1.19 bits per heavy atom. The summed E-state index contributed by atoms with van der Waals surface area (Å²) in [5.41, 5.74) is 5.89. The van der Waals surface area contributed by atoms with E-state index >= 15 is 0 Å². The van der Waals surface area contributed by atoms with Gasteiger partial charge in [-0.2, -0.15) is 0 Å². The molecular formula is C16H25N3O2. The molecule has 0 spiro atoms. The number of aromatic nitrogens is 1. The predicted octanol–water partition coefficient (Wildman–Crippen LogP) is 3.63. The minimum atomic E-state index is -0.702. The molecule has 0 saturated heterocycles. The van der Waals surface area contributed by atoms with Crippen LogP contribution in [0.2, 0.25) is 0 Å². The first-order valence-corrected chi connectivity index (χ1v) is 7.32. The van der Waals surface area contributed by atoms with Crippen molar-refractivity contribution in [3.8, 4) is 0 Å². The van der Waals surface area contributed by atoms with Crippen molar-refractivity contribution in [3.63, 3.8) is 0 Å². The van der Waals surface area contributed by atoms with Gasteiger partial charge in [0.2, 0.25) is 0 Å². The second-order valence-electron chi connectivity index (χ2n) is 3.78. The number of carbonyl (C=O) groups excluding carboxylic acids is 1. The molecule has 0 aliphatic carbocycles. The zero-order valence-corrected chi connectivity index (χ0v) is 13.4. The van der Waals surface area contributed by atoms with Crippen LogP contribution < -0.4 is 16.6 Å². The zero-order valence-electron chi connectivity index (χ0n) is 13.4. The minimum Gasteiger partial charge on any atom is -0.351 e. The highest BCUT2D eigenvalue weighted by Crippen LogP contribution is 2.15. The third-order valence-corrected chi connectivity index (χ3v) is 2.57. The fraction of sp³-hybridized carbons (Fsp3) is 0.375. The topological polar surface area (TPSA) is 88.0 Å². The Hall–Kier alpha value is -2.30. The second-order valence-corrected chi connectivity index (χ2v) is 3.78. The molecule has 1 aromatic heterocycles. The molecule has 0 atom stereocenters. The molecule has 1 aromatic carbocycles. The normalized spacial score (nSPS) is 9.00. The average molecular weight is 291 g/mol. The van der Waals surface area contributed by atoms with E-state index in [1.54, 1.807) is 12.1 Å². The molecule has 0 bridgehead atoms. The van der Waals surface area contributed by atoms with E-state index in [-0.39, 0.29) is 5.56 Å². The van der Waals surface area contributed by atoms with Crippen molar-refractivity contribution < 1.29 is 4.79 Å². The number of carbonyl (C=O) groups is 1. The summed E-state index contributed by atoms with van der Waals surface area (Å²) in [6, 6.07) is 6.61. The van der Waals surface area contributed by atoms with E-state index in [2.05, 4.69) is 10.3 Å². The first kappa shape index (κ1) is 18.7.